The highest BCUT2D eigenvalue weighted by atomic mass is 16.1. The van der Waals surface area contributed by atoms with E-state index in [1.807, 2.05) is 14.0 Å². The number of amides is 1. The van der Waals surface area contributed by atoms with Gasteiger partial charge in [0, 0.05) is 18.6 Å². The highest BCUT2D eigenvalue weighted by Gasteiger charge is 2.34. The Morgan fingerprint density at radius 3 is 2.67 bits per heavy atom. The van der Waals surface area contributed by atoms with Crippen LogP contribution in [0, 0.1) is 0 Å². The monoisotopic (exact) mass is 296 g/mol. The SMILES string of the molecule is CNC(C)(CCCCN1CCC2CCC(C1)N2C)C(N)=O. The normalized spacial score (nSPS) is 30.0. The molecule has 2 aliphatic heterocycles. The number of fused-ring (bicyclic) bond motifs is 2. The summed E-state index contributed by atoms with van der Waals surface area (Å²) in [7, 11) is 4.10. The van der Waals surface area contributed by atoms with E-state index in [0.29, 0.717) is 0 Å². The summed E-state index contributed by atoms with van der Waals surface area (Å²) in [6.07, 6.45) is 7.05. The van der Waals surface area contributed by atoms with Crippen molar-refractivity contribution in [3.05, 3.63) is 0 Å². The Bertz CT molecular complexity index is 362. The van der Waals surface area contributed by atoms with Gasteiger partial charge in [0.25, 0.3) is 0 Å². The maximum Gasteiger partial charge on any atom is 0.237 e. The number of hydrogen-bond donors (Lipinski definition) is 2. The molecule has 2 aliphatic rings. The second-order valence-corrected chi connectivity index (χ2v) is 7.04. The third kappa shape index (κ3) is 3.96. The van der Waals surface area contributed by atoms with Crippen LogP contribution in [-0.4, -0.2) is 67.1 Å². The van der Waals surface area contributed by atoms with Crippen molar-refractivity contribution in [1.82, 2.24) is 15.1 Å². The fourth-order valence-electron chi connectivity index (χ4n) is 3.77. The first-order valence-corrected chi connectivity index (χ1v) is 8.39. The van der Waals surface area contributed by atoms with Crippen molar-refractivity contribution in [2.75, 3.05) is 33.7 Å². The van der Waals surface area contributed by atoms with Crippen molar-refractivity contribution in [2.24, 2.45) is 5.73 Å². The number of likely N-dealkylation sites (tertiary alicyclic amines) is 1. The lowest BCUT2D eigenvalue weighted by Gasteiger charge is -2.27. The largest absolute Gasteiger partial charge is 0.368 e. The number of carbonyl (C=O) groups excluding carboxylic acids is 1. The molecule has 2 fully saturated rings. The van der Waals surface area contributed by atoms with E-state index in [0.717, 1.165) is 37.9 Å². The van der Waals surface area contributed by atoms with Crippen LogP contribution >= 0.6 is 0 Å². The van der Waals surface area contributed by atoms with Gasteiger partial charge in [-0.1, -0.05) is 0 Å². The standard InChI is InChI=1S/C16H32N4O/c1-16(18-2,15(17)21)9-4-5-10-20-11-8-13-6-7-14(12-20)19(13)3/h13-14,18H,4-12H2,1-3H3,(H2,17,21). The molecule has 2 saturated heterocycles. The summed E-state index contributed by atoms with van der Waals surface area (Å²) < 4.78 is 0. The molecule has 2 rings (SSSR count). The summed E-state index contributed by atoms with van der Waals surface area (Å²) in [6.45, 7) is 5.49. The first-order chi connectivity index (χ1) is 9.96. The first kappa shape index (κ1) is 16.7. The van der Waals surface area contributed by atoms with E-state index in [9.17, 15) is 4.79 Å². The van der Waals surface area contributed by atoms with Crippen LogP contribution in [0.4, 0.5) is 0 Å². The third-order valence-electron chi connectivity index (χ3n) is 5.73. The van der Waals surface area contributed by atoms with Crippen LogP contribution in [0.3, 0.4) is 0 Å². The lowest BCUT2D eigenvalue weighted by molar-refractivity contribution is -0.123. The highest BCUT2D eigenvalue weighted by molar-refractivity contribution is 5.84. The van der Waals surface area contributed by atoms with Crippen molar-refractivity contribution < 1.29 is 4.79 Å². The van der Waals surface area contributed by atoms with Gasteiger partial charge >= 0.3 is 0 Å². The second kappa shape index (κ2) is 7.07. The number of nitrogens with zero attached hydrogens (tertiary/aromatic N) is 2. The summed E-state index contributed by atoms with van der Waals surface area (Å²) in [4.78, 5) is 16.7. The van der Waals surface area contributed by atoms with Crippen molar-refractivity contribution in [2.45, 2.75) is 63.1 Å². The number of nitrogens with one attached hydrogen (secondary N) is 1. The zero-order valence-electron chi connectivity index (χ0n) is 13.9. The lowest BCUT2D eigenvalue weighted by Crippen LogP contribution is -2.51. The van der Waals surface area contributed by atoms with Crippen LogP contribution in [-0.2, 0) is 4.79 Å². The molecular weight excluding hydrogens is 264 g/mol. The summed E-state index contributed by atoms with van der Waals surface area (Å²) >= 11 is 0. The Kier molecular flexibility index (Phi) is 5.63. The lowest BCUT2D eigenvalue weighted by atomic mass is 9.94. The van der Waals surface area contributed by atoms with E-state index < -0.39 is 5.54 Å². The quantitative estimate of drug-likeness (QED) is 0.682. The minimum atomic E-state index is -0.557. The molecule has 3 N–H and O–H groups in total. The fraction of sp³-hybridized carbons (Fsp3) is 0.938. The molecule has 0 aromatic heterocycles. The van der Waals surface area contributed by atoms with Crippen molar-refractivity contribution in [1.29, 1.82) is 0 Å². The van der Waals surface area contributed by atoms with E-state index in [4.69, 9.17) is 5.73 Å². The van der Waals surface area contributed by atoms with Gasteiger partial charge in [-0.25, -0.2) is 0 Å². The molecule has 1 amide bonds. The number of nitrogens with two attached hydrogens (primary N) is 1. The van der Waals surface area contributed by atoms with Crippen molar-refractivity contribution in [3.63, 3.8) is 0 Å². The molecule has 3 unspecified atom stereocenters. The molecule has 0 spiro atoms. The Morgan fingerprint density at radius 2 is 2.00 bits per heavy atom. The molecule has 21 heavy (non-hydrogen) atoms. The minimum Gasteiger partial charge on any atom is -0.368 e. The van der Waals surface area contributed by atoms with Gasteiger partial charge in [0.15, 0.2) is 0 Å². The van der Waals surface area contributed by atoms with Gasteiger partial charge < -0.3 is 16.0 Å². The van der Waals surface area contributed by atoms with Gasteiger partial charge in [0.2, 0.25) is 5.91 Å². The van der Waals surface area contributed by atoms with Gasteiger partial charge in [-0.05, 0) is 72.6 Å². The van der Waals surface area contributed by atoms with E-state index in [-0.39, 0.29) is 5.91 Å². The number of primary amides is 1. The highest BCUT2D eigenvalue weighted by Crippen LogP contribution is 2.28. The van der Waals surface area contributed by atoms with Crippen LogP contribution in [0.1, 0.15) is 45.4 Å². The number of hydrogen-bond acceptors (Lipinski definition) is 4. The number of unbranched alkanes of at least 4 members (excludes halogenated alkanes) is 1. The molecule has 0 aromatic carbocycles. The van der Waals surface area contributed by atoms with E-state index in [1.165, 1.54) is 32.4 Å². The Morgan fingerprint density at radius 1 is 1.29 bits per heavy atom. The minimum absolute atomic E-state index is 0.251. The van der Waals surface area contributed by atoms with E-state index in [2.05, 4.69) is 22.2 Å². The maximum absolute atomic E-state index is 11.5. The molecule has 2 bridgehead atoms. The average molecular weight is 296 g/mol. The first-order valence-electron chi connectivity index (χ1n) is 8.39. The molecule has 0 aromatic rings. The average Bonchev–Trinajstić information content (AvgIpc) is 2.70. The van der Waals surface area contributed by atoms with Crippen LogP contribution < -0.4 is 11.1 Å². The van der Waals surface area contributed by atoms with Gasteiger partial charge in [0.05, 0.1) is 5.54 Å². The van der Waals surface area contributed by atoms with E-state index in [1.54, 1.807) is 0 Å². The molecule has 5 heteroatoms. The van der Waals surface area contributed by atoms with Gasteiger partial charge in [0.1, 0.15) is 0 Å². The topological polar surface area (TPSA) is 61.6 Å². The zero-order chi connectivity index (χ0) is 15.5. The van der Waals surface area contributed by atoms with Crippen LogP contribution in [0.2, 0.25) is 0 Å². The molecule has 0 aliphatic carbocycles. The second-order valence-electron chi connectivity index (χ2n) is 7.04. The maximum atomic E-state index is 11.5. The Labute approximate surface area is 129 Å². The van der Waals surface area contributed by atoms with Crippen LogP contribution in [0.5, 0.6) is 0 Å². The summed E-state index contributed by atoms with van der Waals surface area (Å²) in [5, 5.41) is 3.06. The number of carbonyl (C=O) groups is 1. The predicted molar refractivity (Wildman–Crippen MR) is 86.1 cm³/mol. The summed E-state index contributed by atoms with van der Waals surface area (Å²) in [5.41, 5.74) is 4.91. The van der Waals surface area contributed by atoms with Crippen LogP contribution in [0.25, 0.3) is 0 Å². The van der Waals surface area contributed by atoms with E-state index >= 15 is 0 Å². The smallest absolute Gasteiger partial charge is 0.237 e. The number of rotatable bonds is 7. The Hall–Kier alpha value is -0.650. The van der Waals surface area contributed by atoms with Gasteiger partial charge in [-0.2, -0.15) is 0 Å². The molecule has 3 atom stereocenters. The molecule has 5 nitrogen and oxygen atoms in total. The number of likely N-dealkylation sites (N-methyl/N-ethyl adjacent to an activating group) is 2. The molecule has 2 heterocycles. The molecule has 0 saturated carbocycles. The summed E-state index contributed by atoms with van der Waals surface area (Å²) in [6, 6.07) is 1.56. The van der Waals surface area contributed by atoms with Gasteiger partial charge in [-0.15, -0.1) is 0 Å². The Balaban J connectivity index is 1.71. The van der Waals surface area contributed by atoms with Gasteiger partial charge in [-0.3, -0.25) is 9.69 Å². The van der Waals surface area contributed by atoms with Crippen molar-refractivity contribution in [3.8, 4) is 0 Å². The van der Waals surface area contributed by atoms with Crippen LogP contribution in [0.15, 0.2) is 0 Å². The fourth-order valence-corrected chi connectivity index (χ4v) is 3.77. The molecular formula is C16H32N4O. The molecule has 122 valence electrons. The molecule has 0 radical (unpaired) electrons. The third-order valence-corrected chi connectivity index (χ3v) is 5.73. The summed E-state index contributed by atoms with van der Waals surface area (Å²) in [5.74, 6) is -0.251. The van der Waals surface area contributed by atoms with Crippen molar-refractivity contribution >= 4 is 5.91 Å². The predicted octanol–water partition coefficient (Wildman–Crippen LogP) is 0.789. The zero-order valence-corrected chi connectivity index (χ0v) is 13.9.